The van der Waals surface area contributed by atoms with Crippen LogP contribution in [0.1, 0.15) is 18.4 Å². The summed E-state index contributed by atoms with van der Waals surface area (Å²) in [7, 11) is 0. The number of hydrogen-bond acceptors (Lipinski definition) is 5. The first-order valence-corrected chi connectivity index (χ1v) is 6.23. The number of carboxylic acids is 2. The second-order valence-corrected chi connectivity index (χ2v) is 4.39. The fourth-order valence-corrected chi connectivity index (χ4v) is 1.52. The van der Waals surface area contributed by atoms with Crippen LogP contribution in [0.4, 0.5) is 0 Å². The van der Waals surface area contributed by atoms with Crippen LogP contribution < -0.4 is 113 Å². The maximum atomic E-state index is 10.7. The van der Waals surface area contributed by atoms with Crippen LogP contribution in [0.5, 0.6) is 0 Å². The van der Waals surface area contributed by atoms with Crippen molar-refractivity contribution in [3.05, 3.63) is 40.9 Å². The number of halogens is 1. The van der Waals surface area contributed by atoms with Crippen molar-refractivity contribution in [3.63, 3.8) is 0 Å². The Labute approximate surface area is 219 Å². The molecule has 0 radical (unpaired) electrons. The summed E-state index contributed by atoms with van der Waals surface area (Å²) >= 11 is 5.73. The average Bonchev–Trinajstić information content (AvgIpc) is 2.39. The van der Waals surface area contributed by atoms with Gasteiger partial charge in [0.2, 0.25) is 0 Å². The molecule has 0 spiro atoms. The van der Waals surface area contributed by atoms with Crippen LogP contribution in [-0.2, 0) is 9.59 Å². The van der Waals surface area contributed by atoms with Gasteiger partial charge in [-0.2, -0.15) is 0 Å². The first kappa shape index (κ1) is 25.4. The number of allylic oxidation sites excluding steroid dienone is 1. The van der Waals surface area contributed by atoms with E-state index in [2.05, 4.69) is 4.99 Å². The molecule has 0 aliphatic heterocycles. The number of aliphatic imine (C=N–C) groups is 1. The number of carbonyl (C=O) groups is 2. The van der Waals surface area contributed by atoms with Gasteiger partial charge < -0.3 is 19.8 Å². The molecule has 106 valence electrons. The SMILES string of the molecule is O=C([O-])CC[C@H](N=C/C=C/c1ccc(Cl)cc1)C(=O)[O-].[K+].[K+]. The zero-order valence-corrected chi connectivity index (χ0v) is 19.5. The Kier molecular flexibility index (Phi) is 16.7. The molecule has 1 aromatic carbocycles. The Morgan fingerprint density at radius 1 is 1.18 bits per heavy atom. The molecule has 8 heteroatoms. The minimum Gasteiger partial charge on any atom is -0.550 e. The predicted molar refractivity (Wildman–Crippen MR) is 72.0 cm³/mol. The zero-order valence-electron chi connectivity index (χ0n) is 12.5. The monoisotopic (exact) mass is 371 g/mol. The van der Waals surface area contributed by atoms with Crippen LogP contribution in [0.2, 0.25) is 5.02 Å². The number of aliphatic carboxylic acids is 2. The number of rotatable bonds is 7. The van der Waals surface area contributed by atoms with Crippen molar-refractivity contribution in [1.29, 1.82) is 0 Å². The van der Waals surface area contributed by atoms with Gasteiger partial charge in [-0.25, -0.2) is 0 Å². The molecule has 0 saturated carbocycles. The van der Waals surface area contributed by atoms with Crippen LogP contribution in [-0.4, -0.2) is 24.2 Å². The number of benzene rings is 1. The molecule has 1 atom stereocenters. The first-order valence-electron chi connectivity index (χ1n) is 5.85. The van der Waals surface area contributed by atoms with Crippen molar-refractivity contribution in [2.24, 2.45) is 4.99 Å². The van der Waals surface area contributed by atoms with Gasteiger partial charge in [-0.05, 0) is 36.6 Å². The molecular weight excluding hydrogens is 360 g/mol. The zero-order chi connectivity index (χ0) is 15.0. The van der Waals surface area contributed by atoms with E-state index in [1.807, 2.05) is 0 Å². The molecular formula is C14H12ClK2NO4. The summed E-state index contributed by atoms with van der Waals surface area (Å²) in [5.74, 6) is -2.73. The quantitative estimate of drug-likeness (QED) is 0.352. The summed E-state index contributed by atoms with van der Waals surface area (Å²) in [5, 5.41) is 21.6. The topological polar surface area (TPSA) is 92.6 Å². The molecule has 1 rings (SSSR count). The number of carboxylic acid groups (broad SMARTS) is 2. The van der Waals surface area contributed by atoms with Gasteiger partial charge in [0.05, 0.1) is 12.0 Å². The largest absolute Gasteiger partial charge is 1.00 e. The van der Waals surface area contributed by atoms with E-state index in [0.717, 1.165) is 5.56 Å². The van der Waals surface area contributed by atoms with E-state index >= 15 is 0 Å². The molecule has 0 saturated heterocycles. The van der Waals surface area contributed by atoms with Crippen molar-refractivity contribution < 1.29 is 123 Å². The Morgan fingerprint density at radius 2 is 1.77 bits per heavy atom. The van der Waals surface area contributed by atoms with Gasteiger partial charge in [-0.1, -0.05) is 29.8 Å². The second-order valence-electron chi connectivity index (χ2n) is 3.95. The molecule has 0 aromatic heterocycles. The van der Waals surface area contributed by atoms with E-state index in [4.69, 9.17) is 11.6 Å². The van der Waals surface area contributed by atoms with E-state index < -0.39 is 18.0 Å². The van der Waals surface area contributed by atoms with Crippen LogP contribution in [0, 0.1) is 0 Å². The van der Waals surface area contributed by atoms with Gasteiger partial charge in [0, 0.05) is 17.2 Å². The van der Waals surface area contributed by atoms with E-state index in [1.165, 1.54) is 6.21 Å². The minimum absolute atomic E-state index is 0. The molecule has 0 fully saturated rings. The molecule has 0 heterocycles. The summed E-state index contributed by atoms with van der Waals surface area (Å²) < 4.78 is 0. The van der Waals surface area contributed by atoms with Crippen molar-refractivity contribution in [1.82, 2.24) is 0 Å². The van der Waals surface area contributed by atoms with Crippen molar-refractivity contribution in [2.45, 2.75) is 18.9 Å². The molecule has 0 aliphatic carbocycles. The molecule has 0 bridgehead atoms. The minimum atomic E-state index is -1.41. The van der Waals surface area contributed by atoms with Crippen LogP contribution in [0.15, 0.2) is 35.3 Å². The summed E-state index contributed by atoms with van der Waals surface area (Å²) in [6, 6.07) is 5.84. The fraction of sp³-hybridized carbons (Fsp3) is 0.214. The molecule has 0 unspecified atom stereocenters. The molecule has 0 aliphatic rings. The molecule has 22 heavy (non-hydrogen) atoms. The van der Waals surface area contributed by atoms with Crippen LogP contribution >= 0.6 is 11.6 Å². The van der Waals surface area contributed by atoms with E-state index in [1.54, 1.807) is 36.4 Å². The fourth-order valence-electron chi connectivity index (χ4n) is 1.39. The Bertz CT molecular complexity index is 532. The number of nitrogens with zero attached hydrogens (tertiary/aromatic N) is 1. The Morgan fingerprint density at radius 3 is 2.27 bits per heavy atom. The third-order valence-corrected chi connectivity index (χ3v) is 2.66. The number of carbonyl (C=O) groups excluding carboxylic acids is 2. The first-order chi connectivity index (χ1) is 9.49. The second kappa shape index (κ2) is 14.5. The van der Waals surface area contributed by atoms with Crippen molar-refractivity contribution in [3.8, 4) is 0 Å². The number of hydrogen-bond donors (Lipinski definition) is 0. The Hall–Kier alpha value is 1.13. The average molecular weight is 372 g/mol. The van der Waals surface area contributed by atoms with E-state index in [0.29, 0.717) is 5.02 Å². The van der Waals surface area contributed by atoms with Crippen LogP contribution in [0.25, 0.3) is 6.08 Å². The smallest absolute Gasteiger partial charge is 0.550 e. The maximum absolute atomic E-state index is 10.7. The molecule has 1 aromatic rings. The van der Waals surface area contributed by atoms with E-state index in [-0.39, 0.29) is 116 Å². The van der Waals surface area contributed by atoms with Gasteiger partial charge in [-0.3, -0.25) is 4.99 Å². The summed E-state index contributed by atoms with van der Waals surface area (Å²) in [5.41, 5.74) is 0.876. The van der Waals surface area contributed by atoms with E-state index in [9.17, 15) is 19.8 Å². The molecule has 0 N–H and O–H groups in total. The van der Waals surface area contributed by atoms with Gasteiger partial charge in [0.15, 0.2) is 0 Å². The Balaban J connectivity index is 0. The standard InChI is InChI=1S/C14H14ClNO4.2K/c15-11-5-3-10(4-6-11)2-1-9-16-12(14(19)20)7-8-13(17)18;;/h1-6,9,12H,7-8H2,(H,17,18)(H,19,20);;/q;2*+1/p-2/b2-1+,16-9?;;/t12-;;/m0../s1. The normalized spacial score (nSPS) is 11.7. The third kappa shape index (κ3) is 11.6. The van der Waals surface area contributed by atoms with Gasteiger partial charge in [-0.15, -0.1) is 0 Å². The summed E-state index contributed by atoms with van der Waals surface area (Å²) in [6.07, 6.45) is 4.03. The van der Waals surface area contributed by atoms with Gasteiger partial charge in [0.1, 0.15) is 0 Å². The molecule has 0 amide bonds. The van der Waals surface area contributed by atoms with Crippen LogP contribution in [0.3, 0.4) is 0 Å². The maximum Gasteiger partial charge on any atom is 1.00 e. The third-order valence-electron chi connectivity index (χ3n) is 2.40. The van der Waals surface area contributed by atoms with Gasteiger partial charge >= 0.3 is 103 Å². The molecule has 5 nitrogen and oxygen atoms in total. The predicted octanol–water partition coefficient (Wildman–Crippen LogP) is -5.92. The summed E-state index contributed by atoms with van der Waals surface area (Å²) in [6.45, 7) is 0. The van der Waals surface area contributed by atoms with Gasteiger partial charge in [0.25, 0.3) is 0 Å². The summed E-state index contributed by atoms with van der Waals surface area (Å²) in [4.78, 5) is 24.7. The van der Waals surface area contributed by atoms with Crippen molar-refractivity contribution in [2.75, 3.05) is 0 Å². The van der Waals surface area contributed by atoms with Crippen molar-refractivity contribution >= 4 is 35.8 Å².